The molecule has 0 atom stereocenters. The van der Waals surface area contributed by atoms with Crippen molar-refractivity contribution in [3.63, 3.8) is 0 Å². The van der Waals surface area contributed by atoms with Gasteiger partial charge in [-0.25, -0.2) is 9.97 Å². The Morgan fingerprint density at radius 3 is 2.50 bits per heavy atom. The lowest BCUT2D eigenvalue weighted by Crippen LogP contribution is -2.14. The SMILES string of the molecule is COc1cccc(NC(=O)c2cc(Nc3c(Cl)cccc3Cl)ncn2)c1. The quantitative estimate of drug-likeness (QED) is 0.656. The molecule has 0 aliphatic carbocycles. The summed E-state index contributed by atoms with van der Waals surface area (Å²) in [5.74, 6) is 0.654. The van der Waals surface area contributed by atoms with E-state index in [2.05, 4.69) is 20.6 Å². The Morgan fingerprint density at radius 2 is 1.77 bits per heavy atom. The van der Waals surface area contributed by atoms with Gasteiger partial charge in [-0.2, -0.15) is 0 Å². The molecule has 0 unspecified atom stereocenters. The molecule has 8 heteroatoms. The first kappa shape index (κ1) is 18.0. The van der Waals surface area contributed by atoms with Gasteiger partial charge in [0, 0.05) is 17.8 Å². The summed E-state index contributed by atoms with van der Waals surface area (Å²) in [6.07, 6.45) is 1.29. The van der Waals surface area contributed by atoms with Crippen molar-refractivity contribution in [2.24, 2.45) is 0 Å². The molecule has 0 spiro atoms. The maximum absolute atomic E-state index is 12.4. The van der Waals surface area contributed by atoms with Crippen molar-refractivity contribution in [1.29, 1.82) is 0 Å². The van der Waals surface area contributed by atoms with Gasteiger partial charge < -0.3 is 15.4 Å². The Labute approximate surface area is 160 Å². The van der Waals surface area contributed by atoms with Crippen molar-refractivity contribution in [2.45, 2.75) is 0 Å². The summed E-state index contributed by atoms with van der Waals surface area (Å²) in [7, 11) is 1.56. The lowest BCUT2D eigenvalue weighted by atomic mass is 10.2. The molecule has 0 saturated heterocycles. The maximum atomic E-state index is 12.4. The van der Waals surface area contributed by atoms with Gasteiger partial charge >= 0.3 is 0 Å². The fourth-order valence-corrected chi connectivity index (χ4v) is 2.68. The summed E-state index contributed by atoms with van der Waals surface area (Å²) < 4.78 is 5.14. The van der Waals surface area contributed by atoms with E-state index in [1.54, 1.807) is 49.6 Å². The molecule has 6 nitrogen and oxygen atoms in total. The minimum absolute atomic E-state index is 0.188. The summed E-state index contributed by atoms with van der Waals surface area (Å²) in [6.45, 7) is 0. The molecule has 0 aliphatic rings. The molecule has 0 aliphatic heterocycles. The van der Waals surface area contributed by atoms with Crippen LogP contribution in [0.1, 0.15) is 10.5 Å². The normalized spacial score (nSPS) is 10.3. The number of ether oxygens (including phenoxy) is 1. The van der Waals surface area contributed by atoms with Crippen LogP contribution in [0, 0.1) is 0 Å². The molecule has 0 radical (unpaired) electrons. The highest BCUT2D eigenvalue weighted by Crippen LogP contribution is 2.32. The van der Waals surface area contributed by atoms with Gasteiger partial charge in [0.25, 0.3) is 5.91 Å². The fraction of sp³-hybridized carbons (Fsp3) is 0.0556. The average molecular weight is 389 g/mol. The van der Waals surface area contributed by atoms with Gasteiger partial charge in [-0.15, -0.1) is 0 Å². The van der Waals surface area contributed by atoms with Crippen molar-refractivity contribution in [1.82, 2.24) is 9.97 Å². The van der Waals surface area contributed by atoms with Gasteiger partial charge in [0.15, 0.2) is 0 Å². The predicted octanol–water partition coefficient (Wildman–Crippen LogP) is 4.79. The third kappa shape index (κ3) is 4.22. The number of halogens is 2. The molecule has 3 rings (SSSR count). The molecule has 0 fully saturated rings. The van der Waals surface area contributed by atoms with Crippen LogP contribution >= 0.6 is 23.2 Å². The summed E-state index contributed by atoms with van der Waals surface area (Å²) in [6, 6.07) is 13.7. The van der Waals surface area contributed by atoms with Crippen LogP contribution < -0.4 is 15.4 Å². The zero-order chi connectivity index (χ0) is 18.5. The summed E-state index contributed by atoms with van der Waals surface area (Å²) in [5, 5.41) is 6.65. The third-order valence-electron chi connectivity index (χ3n) is 3.44. The number of nitrogens with one attached hydrogen (secondary N) is 2. The standard InChI is InChI=1S/C18H14Cl2N4O2/c1-26-12-5-2-4-11(8-12)23-18(25)15-9-16(22-10-21-15)24-17-13(19)6-3-7-14(17)20/h2-10H,1H3,(H,23,25)(H,21,22,24). The third-order valence-corrected chi connectivity index (χ3v) is 4.07. The molecule has 132 valence electrons. The van der Waals surface area contributed by atoms with Gasteiger partial charge in [-0.1, -0.05) is 35.3 Å². The Balaban J connectivity index is 1.79. The van der Waals surface area contributed by atoms with E-state index in [0.29, 0.717) is 33.0 Å². The smallest absolute Gasteiger partial charge is 0.274 e. The number of para-hydroxylation sites is 1. The molecule has 3 aromatic rings. The van der Waals surface area contributed by atoms with Crippen LogP contribution in [0.25, 0.3) is 0 Å². The number of hydrogen-bond donors (Lipinski definition) is 2. The van der Waals surface area contributed by atoms with Crippen molar-refractivity contribution >= 4 is 46.3 Å². The lowest BCUT2D eigenvalue weighted by molar-refractivity contribution is 0.102. The molecule has 1 amide bonds. The lowest BCUT2D eigenvalue weighted by Gasteiger charge is -2.10. The Kier molecular flexibility index (Phi) is 5.55. The second kappa shape index (κ2) is 8.03. The molecular formula is C18H14Cl2N4O2. The number of anilines is 3. The highest BCUT2D eigenvalue weighted by atomic mass is 35.5. The Morgan fingerprint density at radius 1 is 1.04 bits per heavy atom. The Bertz CT molecular complexity index is 930. The van der Waals surface area contributed by atoms with Gasteiger partial charge in [0.1, 0.15) is 23.6 Å². The molecule has 2 N–H and O–H groups in total. The van der Waals surface area contributed by atoms with E-state index in [1.165, 1.54) is 12.4 Å². The van der Waals surface area contributed by atoms with Crippen LogP contribution in [-0.4, -0.2) is 23.0 Å². The van der Waals surface area contributed by atoms with E-state index in [1.807, 2.05) is 0 Å². The van der Waals surface area contributed by atoms with Crippen LogP contribution in [0.15, 0.2) is 54.9 Å². The first-order chi connectivity index (χ1) is 12.6. The van der Waals surface area contributed by atoms with Gasteiger partial charge in [-0.3, -0.25) is 4.79 Å². The fourth-order valence-electron chi connectivity index (χ4n) is 2.19. The summed E-state index contributed by atoms with van der Waals surface area (Å²) >= 11 is 12.3. The first-order valence-corrected chi connectivity index (χ1v) is 8.31. The summed E-state index contributed by atoms with van der Waals surface area (Å²) in [5.41, 5.74) is 1.29. The molecule has 1 heterocycles. The summed E-state index contributed by atoms with van der Waals surface area (Å²) in [4.78, 5) is 20.5. The Hall–Kier alpha value is -2.83. The molecule has 1 aromatic heterocycles. The number of aromatic nitrogens is 2. The van der Waals surface area contributed by atoms with Crippen molar-refractivity contribution in [2.75, 3.05) is 17.7 Å². The number of methoxy groups -OCH3 is 1. The van der Waals surface area contributed by atoms with Crippen LogP contribution in [-0.2, 0) is 0 Å². The average Bonchev–Trinajstić information content (AvgIpc) is 2.65. The minimum atomic E-state index is -0.381. The number of amides is 1. The van der Waals surface area contributed by atoms with E-state index < -0.39 is 0 Å². The molecule has 0 bridgehead atoms. The maximum Gasteiger partial charge on any atom is 0.274 e. The number of carbonyl (C=O) groups excluding carboxylic acids is 1. The molecule has 26 heavy (non-hydrogen) atoms. The largest absolute Gasteiger partial charge is 0.497 e. The van der Waals surface area contributed by atoms with E-state index in [4.69, 9.17) is 27.9 Å². The second-order valence-corrected chi connectivity index (χ2v) is 6.01. The number of hydrogen-bond acceptors (Lipinski definition) is 5. The van der Waals surface area contributed by atoms with Crippen molar-refractivity contribution in [3.05, 3.63) is 70.6 Å². The van der Waals surface area contributed by atoms with E-state index in [0.717, 1.165) is 0 Å². The molecule has 2 aromatic carbocycles. The topological polar surface area (TPSA) is 76.1 Å². The molecular weight excluding hydrogens is 375 g/mol. The van der Waals surface area contributed by atoms with E-state index in [9.17, 15) is 4.79 Å². The van der Waals surface area contributed by atoms with Crippen molar-refractivity contribution in [3.8, 4) is 5.75 Å². The second-order valence-electron chi connectivity index (χ2n) is 5.20. The highest BCUT2D eigenvalue weighted by Gasteiger charge is 2.12. The number of nitrogens with zero attached hydrogens (tertiary/aromatic N) is 2. The highest BCUT2D eigenvalue weighted by molar-refractivity contribution is 6.39. The van der Waals surface area contributed by atoms with Gasteiger partial charge in [0.05, 0.1) is 22.8 Å². The van der Waals surface area contributed by atoms with E-state index >= 15 is 0 Å². The van der Waals surface area contributed by atoms with Crippen molar-refractivity contribution < 1.29 is 9.53 Å². The van der Waals surface area contributed by atoms with Crippen LogP contribution in [0.5, 0.6) is 5.75 Å². The van der Waals surface area contributed by atoms with Gasteiger partial charge in [0.2, 0.25) is 0 Å². The zero-order valence-corrected chi connectivity index (χ0v) is 15.2. The monoisotopic (exact) mass is 388 g/mol. The van der Waals surface area contributed by atoms with Crippen LogP contribution in [0.2, 0.25) is 10.0 Å². The zero-order valence-electron chi connectivity index (χ0n) is 13.7. The number of benzene rings is 2. The first-order valence-electron chi connectivity index (χ1n) is 7.55. The van der Waals surface area contributed by atoms with Gasteiger partial charge in [-0.05, 0) is 24.3 Å². The number of rotatable bonds is 5. The van der Waals surface area contributed by atoms with Crippen LogP contribution in [0.3, 0.4) is 0 Å². The predicted molar refractivity (Wildman–Crippen MR) is 103 cm³/mol. The number of carbonyl (C=O) groups is 1. The minimum Gasteiger partial charge on any atom is -0.497 e. The molecule has 0 saturated carbocycles. The van der Waals surface area contributed by atoms with E-state index in [-0.39, 0.29) is 11.6 Å². The van der Waals surface area contributed by atoms with Crippen LogP contribution in [0.4, 0.5) is 17.2 Å².